The Kier molecular flexibility index (Phi) is 5.51. The highest BCUT2D eigenvalue weighted by Crippen LogP contribution is 2.33. The highest BCUT2D eigenvalue weighted by atomic mass is 32.2. The standard InChI is InChI=1S/C12H20FN3O5S/c1-11(2,8-17)15-5-10(18)16-6-9(13)4-12(16,7-14)21-22(3,19)20/h9,15,17H,4-6,8H2,1-3H3/t9-,12-/m0/s1. The maximum atomic E-state index is 13.7. The summed E-state index contributed by atoms with van der Waals surface area (Å²) in [6.45, 7) is 2.33. The molecule has 1 aliphatic heterocycles. The molecule has 1 fully saturated rings. The smallest absolute Gasteiger partial charge is 0.267 e. The molecule has 0 aromatic carbocycles. The third kappa shape index (κ3) is 4.61. The molecule has 10 heteroatoms. The molecule has 2 atom stereocenters. The van der Waals surface area contributed by atoms with Crippen LogP contribution in [0.25, 0.3) is 0 Å². The zero-order valence-electron chi connectivity index (χ0n) is 12.7. The number of carbonyl (C=O) groups is 1. The summed E-state index contributed by atoms with van der Waals surface area (Å²) in [4.78, 5) is 13.0. The third-order valence-corrected chi connectivity index (χ3v) is 3.77. The molecule has 0 aromatic heterocycles. The van der Waals surface area contributed by atoms with Crippen LogP contribution in [0.15, 0.2) is 0 Å². The van der Waals surface area contributed by atoms with Gasteiger partial charge in [0.15, 0.2) is 0 Å². The van der Waals surface area contributed by atoms with Crippen LogP contribution in [0.5, 0.6) is 0 Å². The monoisotopic (exact) mass is 337 g/mol. The number of hydrogen-bond acceptors (Lipinski definition) is 7. The van der Waals surface area contributed by atoms with Crippen LogP contribution in [0.2, 0.25) is 0 Å². The first-order chi connectivity index (χ1) is 9.95. The first-order valence-electron chi connectivity index (χ1n) is 6.57. The van der Waals surface area contributed by atoms with Gasteiger partial charge in [0.1, 0.15) is 12.2 Å². The van der Waals surface area contributed by atoms with Crippen LogP contribution in [0.4, 0.5) is 4.39 Å². The average Bonchev–Trinajstić information content (AvgIpc) is 2.71. The Bertz CT molecular complexity index is 574. The topological polar surface area (TPSA) is 120 Å². The van der Waals surface area contributed by atoms with Crippen LogP contribution >= 0.6 is 0 Å². The average molecular weight is 337 g/mol. The molecule has 1 aliphatic rings. The van der Waals surface area contributed by atoms with Crippen LogP contribution < -0.4 is 5.32 Å². The van der Waals surface area contributed by atoms with Crippen LogP contribution in [0, 0.1) is 11.3 Å². The number of halogens is 1. The minimum atomic E-state index is -4.06. The van der Waals surface area contributed by atoms with Gasteiger partial charge in [0.2, 0.25) is 5.91 Å². The lowest BCUT2D eigenvalue weighted by Crippen LogP contribution is -2.54. The quantitative estimate of drug-likeness (QED) is 0.604. The van der Waals surface area contributed by atoms with E-state index in [1.165, 1.54) is 0 Å². The van der Waals surface area contributed by atoms with Gasteiger partial charge in [0, 0.05) is 12.0 Å². The molecule has 0 saturated carbocycles. The van der Waals surface area contributed by atoms with E-state index in [1.807, 2.05) is 0 Å². The molecule has 1 rings (SSSR count). The van der Waals surface area contributed by atoms with Gasteiger partial charge in [-0.15, -0.1) is 0 Å². The fraction of sp³-hybridized carbons (Fsp3) is 0.833. The van der Waals surface area contributed by atoms with Gasteiger partial charge in [0.25, 0.3) is 15.8 Å². The summed E-state index contributed by atoms with van der Waals surface area (Å²) in [5.41, 5.74) is -2.92. The highest BCUT2D eigenvalue weighted by Gasteiger charge is 2.52. The van der Waals surface area contributed by atoms with E-state index < -0.39 is 46.4 Å². The summed E-state index contributed by atoms with van der Waals surface area (Å²) in [6.07, 6.45) is -1.37. The Morgan fingerprint density at radius 2 is 2.23 bits per heavy atom. The molecule has 1 amide bonds. The molecule has 126 valence electrons. The van der Waals surface area contributed by atoms with Gasteiger partial charge in [-0.3, -0.25) is 9.69 Å². The van der Waals surface area contributed by atoms with Gasteiger partial charge < -0.3 is 10.4 Å². The minimum absolute atomic E-state index is 0.241. The molecule has 1 saturated heterocycles. The summed E-state index contributed by atoms with van der Waals surface area (Å²) in [6, 6.07) is 1.59. The molecular weight excluding hydrogens is 317 g/mol. The van der Waals surface area contributed by atoms with Crippen molar-refractivity contribution in [3.05, 3.63) is 0 Å². The van der Waals surface area contributed by atoms with Gasteiger partial charge >= 0.3 is 0 Å². The molecule has 1 heterocycles. The number of hydrogen-bond donors (Lipinski definition) is 2. The molecule has 2 N–H and O–H groups in total. The molecule has 0 unspecified atom stereocenters. The largest absolute Gasteiger partial charge is 0.394 e. The number of aliphatic hydroxyl groups excluding tert-OH is 1. The van der Waals surface area contributed by atoms with Crippen molar-refractivity contribution in [2.75, 3.05) is 26.0 Å². The van der Waals surface area contributed by atoms with Crippen LogP contribution in [-0.4, -0.2) is 67.7 Å². The van der Waals surface area contributed by atoms with E-state index in [2.05, 4.69) is 5.32 Å². The number of nitrogens with zero attached hydrogens (tertiary/aromatic N) is 2. The first-order valence-corrected chi connectivity index (χ1v) is 8.39. The SMILES string of the molecule is CC(C)(CO)NCC(=O)N1C[C@@H](F)C[C@@]1(C#N)OS(C)(=O)=O. The normalized spacial score (nSPS) is 26.0. The summed E-state index contributed by atoms with van der Waals surface area (Å²) < 4.78 is 41.0. The van der Waals surface area contributed by atoms with E-state index in [4.69, 9.17) is 9.29 Å². The molecule has 0 bridgehead atoms. The number of aliphatic hydroxyl groups is 1. The van der Waals surface area contributed by atoms with Crippen LogP contribution in [0.1, 0.15) is 20.3 Å². The van der Waals surface area contributed by atoms with Crippen molar-refractivity contribution in [3.8, 4) is 6.07 Å². The van der Waals surface area contributed by atoms with Crippen molar-refractivity contribution < 1.29 is 26.9 Å². The van der Waals surface area contributed by atoms with E-state index in [9.17, 15) is 22.9 Å². The summed E-state index contributed by atoms with van der Waals surface area (Å²) in [7, 11) is -4.06. The lowest BCUT2D eigenvalue weighted by atomic mass is 10.1. The van der Waals surface area contributed by atoms with Gasteiger partial charge in [-0.1, -0.05) is 0 Å². The molecule has 22 heavy (non-hydrogen) atoms. The van der Waals surface area contributed by atoms with Crippen molar-refractivity contribution in [3.63, 3.8) is 0 Å². The second-order valence-corrected chi connectivity index (χ2v) is 7.46. The van der Waals surface area contributed by atoms with Crippen molar-refractivity contribution in [1.29, 1.82) is 5.26 Å². The number of rotatable bonds is 6. The van der Waals surface area contributed by atoms with E-state index in [-0.39, 0.29) is 13.2 Å². The van der Waals surface area contributed by atoms with E-state index >= 15 is 0 Å². The Hall–Kier alpha value is -1.28. The predicted molar refractivity (Wildman–Crippen MR) is 74.7 cm³/mol. The fourth-order valence-corrected chi connectivity index (χ4v) is 2.74. The summed E-state index contributed by atoms with van der Waals surface area (Å²) >= 11 is 0. The lowest BCUT2D eigenvalue weighted by Gasteiger charge is -2.32. The molecule has 0 aromatic rings. The number of nitrogens with one attached hydrogen (secondary N) is 1. The first kappa shape index (κ1) is 18.8. The maximum absolute atomic E-state index is 13.7. The fourth-order valence-electron chi connectivity index (χ4n) is 2.04. The second-order valence-electron chi connectivity index (χ2n) is 5.88. The molecule has 0 radical (unpaired) electrons. The minimum Gasteiger partial charge on any atom is -0.394 e. The van der Waals surface area contributed by atoms with Gasteiger partial charge in [0.05, 0.1) is 26.0 Å². The molecule has 0 aliphatic carbocycles. The Morgan fingerprint density at radius 3 is 2.68 bits per heavy atom. The number of carbonyl (C=O) groups excluding carboxylic acids is 1. The zero-order chi connectivity index (χ0) is 17.2. The number of alkyl halides is 1. The number of likely N-dealkylation sites (tertiary alicyclic amines) is 1. The molecular formula is C12H20FN3O5S. The van der Waals surface area contributed by atoms with Crippen LogP contribution in [0.3, 0.4) is 0 Å². The Labute approximate surface area is 129 Å². The maximum Gasteiger partial charge on any atom is 0.267 e. The van der Waals surface area contributed by atoms with Crippen molar-refractivity contribution in [1.82, 2.24) is 10.2 Å². The van der Waals surface area contributed by atoms with E-state index in [0.717, 1.165) is 11.2 Å². The lowest BCUT2D eigenvalue weighted by molar-refractivity contribution is -0.140. The summed E-state index contributed by atoms with van der Waals surface area (Å²) in [5.74, 6) is -0.688. The zero-order valence-corrected chi connectivity index (χ0v) is 13.5. The van der Waals surface area contributed by atoms with E-state index in [1.54, 1.807) is 19.9 Å². The van der Waals surface area contributed by atoms with Gasteiger partial charge in [-0.05, 0) is 13.8 Å². The molecule has 8 nitrogen and oxygen atoms in total. The Balaban J connectivity index is 2.94. The summed E-state index contributed by atoms with van der Waals surface area (Å²) in [5, 5.41) is 21.1. The van der Waals surface area contributed by atoms with Crippen molar-refractivity contribution >= 4 is 16.0 Å². The van der Waals surface area contributed by atoms with Gasteiger partial charge in [-0.2, -0.15) is 13.7 Å². The van der Waals surface area contributed by atoms with Crippen molar-refractivity contribution in [2.24, 2.45) is 0 Å². The Morgan fingerprint density at radius 1 is 1.64 bits per heavy atom. The molecule has 0 spiro atoms. The van der Waals surface area contributed by atoms with E-state index in [0.29, 0.717) is 0 Å². The highest BCUT2D eigenvalue weighted by molar-refractivity contribution is 7.86. The van der Waals surface area contributed by atoms with Crippen LogP contribution in [-0.2, 0) is 19.1 Å². The second kappa shape index (κ2) is 6.45. The van der Waals surface area contributed by atoms with Crippen molar-refractivity contribution in [2.45, 2.75) is 37.7 Å². The number of nitriles is 1. The third-order valence-electron chi connectivity index (χ3n) is 3.19. The van der Waals surface area contributed by atoms with Gasteiger partial charge in [-0.25, -0.2) is 8.57 Å². The number of amides is 1. The predicted octanol–water partition coefficient (Wildman–Crippen LogP) is -0.887.